The second-order valence-electron chi connectivity index (χ2n) is 7.05. The van der Waals surface area contributed by atoms with Crippen molar-refractivity contribution in [2.45, 2.75) is 32.4 Å². The third-order valence-electron chi connectivity index (χ3n) is 5.24. The summed E-state index contributed by atoms with van der Waals surface area (Å²) in [5.74, 6) is 0.924. The number of hydrogen-bond acceptors (Lipinski definition) is 6. The van der Waals surface area contributed by atoms with Gasteiger partial charge in [-0.3, -0.25) is 14.4 Å². The highest BCUT2D eigenvalue weighted by Gasteiger charge is 2.44. The van der Waals surface area contributed by atoms with Crippen LogP contribution in [-0.4, -0.2) is 42.6 Å². The third-order valence-corrected chi connectivity index (χ3v) is 5.24. The molecule has 0 bridgehead atoms. The van der Waals surface area contributed by atoms with Crippen molar-refractivity contribution in [2.75, 3.05) is 18.8 Å². The molecule has 2 aliphatic heterocycles. The second kappa shape index (κ2) is 8.06. The van der Waals surface area contributed by atoms with Gasteiger partial charge in [0.2, 0.25) is 18.6 Å². The van der Waals surface area contributed by atoms with Gasteiger partial charge in [0.15, 0.2) is 11.5 Å². The molecule has 0 spiro atoms. The molecule has 1 fully saturated rings. The SMILES string of the molecule is CCC(=O)N(Cc1ccc2c(c1)OCO2)C1CC(=O)N(c2ccc(OC)cc2)C1=O. The van der Waals surface area contributed by atoms with Crippen LogP contribution in [0.2, 0.25) is 0 Å². The lowest BCUT2D eigenvalue weighted by Crippen LogP contribution is -2.44. The number of carbonyl (C=O) groups is 3. The lowest BCUT2D eigenvalue weighted by molar-refractivity contribution is -0.138. The number of nitrogens with zero attached hydrogens (tertiary/aromatic N) is 2. The van der Waals surface area contributed by atoms with Crippen molar-refractivity contribution in [2.24, 2.45) is 0 Å². The predicted molar refractivity (Wildman–Crippen MR) is 107 cm³/mol. The molecule has 1 saturated heterocycles. The zero-order chi connectivity index (χ0) is 21.3. The lowest BCUT2D eigenvalue weighted by atomic mass is 10.1. The molecule has 0 aromatic heterocycles. The first-order chi connectivity index (χ1) is 14.5. The minimum atomic E-state index is -0.850. The maximum absolute atomic E-state index is 13.1. The van der Waals surface area contributed by atoms with Gasteiger partial charge in [-0.1, -0.05) is 13.0 Å². The summed E-state index contributed by atoms with van der Waals surface area (Å²) in [5.41, 5.74) is 1.25. The van der Waals surface area contributed by atoms with Gasteiger partial charge >= 0.3 is 0 Å². The van der Waals surface area contributed by atoms with Crippen LogP contribution < -0.4 is 19.1 Å². The third kappa shape index (κ3) is 3.56. The van der Waals surface area contributed by atoms with Crippen molar-refractivity contribution >= 4 is 23.4 Å². The number of amides is 3. The Labute approximate surface area is 173 Å². The molecule has 30 heavy (non-hydrogen) atoms. The van der Waals surface area contributed by atoms with Crippen LogP contribution in [-0.2, 0) is 20.9 Å². The predicted octanol–water partition coefficient (Wildman–Crippen LogP) is 2.49. The molecular weight excluding hydrogens is 388 g/mol. The summed E-state index contributed by atoms with van der Waals surface area (Å²) in [6.45, 7) is 2.09. The highest BCUT2D eigenvalue weighted by molar-refractivity contribution is 6.23. The monoisotopic (exact) mass is 410 g/mol. The number of benzene rings is 2. The Morgan fingerprint density at radius 1 is 1.13 bits per heavy atom. The summed E-state index contributed by atoms with van der Waals surface area (Å²) in [6.07, 6.45) is 0.173. The first-order valence-electron chi connectivity index (χ1n) is 9.70. The second-order valence-corrected chi connectivity index (χ2v) is 7.05. The molecular formula is C22H22N2O6. The van der Waals surface area contributed by atoms with Gasteiger partial charge in [0.05, 0.1) is 19.2 Å². The Balaban J connectivity index is 1.59. The van der Waals surface area contributed by atoms with Crippen molar-refractivity contribution in [1.82, 2.24) is 4.90 Å². The molecule has 156 valence electrons. The number of hydrogen-bond donors (Lipinski definition) is 0. The number of ether oxygens (including phenoxy) is 3. The largest absolute Gasteiger partial charge is 0.497 e. The Morgan fingerprint density at radius 2 is 1.87 bits per heavy atom. The van der Waals surface area contributed by atoms with Crippen LogP contribution in [0.3, 0.4) is 0 Å². The van der Waals surface area contributed by atoms with Crippen LogP contribution in [0.5, 0.6) is 17.2 Å². The van der Waals surface area contributed by atoms with Gasteiger partial charge in [0.1, 0.15) is 11.8 Å². The molecule has 0 N–H and O–H groups in total. The van der Waals surface area contributed by atoms with E-state index in [0.29, 0.717) is 22.9 Å². The quantitative estimate of drug-likeness (QED) is 0.681. The molecule has 0 saturated carbocycles. The van der Waals surface area contributed by atoms with Gasteiger partial charge in [0.25, 0.3) is 5.91 Å². The fraction of sp³-hybridized carbons (Fsp3) is 0.318. The van der Waals surface area contributed by atoms with E-state index < -0.39 is 11.9 Å². The summed E-state index contributed by atoms with van der Waals surface area (Å²) >= 11 is 0. The first kappa shape index (κ1) is 19.8. The Morgan fingerprint density at radius 3 is 2.57 bits per heavy atom. The van der Waals surface area contributed by atoms with Crippen LogP contribution in [0, 0.1) is 0 Å². The number of methoxy groups -OCH3 is 1. The lowest BCUT2D eigenvalue weighted by Gasteiger charge is -2.27. The number of imide groups is 1. The molecule has 2 heterocycles. The van der Waals surface area contributed by atoms with Gasteiger partial charge in [0, 0.05) is 13.0 Å². The van der Waals surface area contributed by atoms with E-state index in [0.717, 1.165) is 10.5 Å². The van der Waals surface area contributed by atoms with Crippen molar-refractivity contribution in [3.8, 4) is 17.2 Å². The van der Waals surface area contributed by atoms with Crippen LogP contribution in [0.4, 0.5) is 5.69 Å². The van der Waals surface area contributed by atoms with E-state index >= 15 is 0 Å². The fourth-order valence-corrected chi connectivity index (χ4v) is 3.67. The summed E-state index contributed by atoms with van der Waals surface area (Å²) in [7, 11) is 1.54. The van der Waals surface area contributed by atoms with E-state index in [2.05, 4.69) is 0 Å². The smallest absolute Gasteiger partial charge is 0.257 e. The van der Waals surface area contributed by atoms with Gasteiger partial charge in [-0.15, -0.1) is 0 Å². The zero-order valence-electron chi connectivity index (χ0n) is 16.8. The van der Waals surface area contributed by atoms with Crippen molar-refractivity contribution in [3.63, 3.8) is 0 Å². The van der Waals surface area contributed by atoms with Gasteiger partial charge in [-0.2, -0.15) is 0 Å². The average molecular weight is 410 g/mol. The average Bonchev–Trinajstić information content (AvgIpc) is 3.35. The minimum Gasteiger partial charge on any atom is -0.497 e. The van der Waals surface area contributed by atoms with E-state index in [9.17, 15) is 14.4 Å². The van der Waals surface area contributed by atoms with E-state index in [1.807, 2.05) is 6.07 Å². The molecule has 8 heteroatoms. The van der Waals surface area contributed by atoms with Crippen LogP contribution in [0.25, 0.3) is 0 Å². The Bertz CT molecular complexity index is 988. The summed E-state index contributed by atoms with van der Waals surface area (Å²) in [6, 6.07) is 11.2. The molecule has 3 amide bonds. The molecule has 1 atom stereocenters. The highest BCUT2D eigenvalue weighted by Crippen LogP contribution is 2.34. The summed E-state index contributed by atoms with van der Waals surface area (Å²) in [5, 5.41) is 0. The maximum atomic E-state index is 13.1. The summed E-state index contributed by atoms with van der Waals surface area (Å²) < 4.78 is 15.8. The normalized spacial score (nSPS) is 17.4. The topological polar surface area (TPSA) is 85.4 Å². The molecule has 2 aromatic rings. The Kier molecular flexibility index (Phi) is 5.31. The van der Waals surface area contributed by atoms with Gasteiger partial charge < -0.3 is 19.1 Å². The van der Waals surface area contributed by atoms with Gasteiger partial charge in [-0.25, -0.2) is 4.90 Å². The molecule has 2 aliphatic rings. The molecule has 2 aromatic carbocycles. The highest BCUT2D eigenvalue weighted by atomic mass is 16.7. The molecule has 4 rings (SSSR count). The number of rotatable bonds is 6. The van der Waals surface area contributed by atoms with Crippen LogP contribution in [0.1, 0.15) is 25.3 Å². The summed E-state index contributed by atoms with van der Waals surface area (Å²) in [4.78, 5) is 41.1. The molecule has 0 aliphatic carbocycles. The number of carbonyl (C=O) groups excluding carboxylic acids is 3. The fourth-order valence-electron chi connectivity index (χ4n) is 3.67. The first-order valence-corrected chi connectivity index (χ1v) is 9.70. The van der Waals surface area contributed by atoms with Crippen LogP contribution in [0.15, 0.2) is 42.5 Å². The van der Waals surface area contributed by atoms with E-state index in [4.69, 9.17) is 14.2 Å². The molecule has 0 radical (unpaired) electrons. The molecule has 1 unspecified atom stereocenters. The molecule has 8 nitrogen and oxygen atoms in total. The van der Waals surface area contributed by atoms with Crippen molar-refractivity contribution < 1.29 is 28.6 Å². The minimum absolute atomic E-state index is 0.0544. The number of fused-ring (bicyclic) bond motifs is 1. The zero-order valence-corrected chi connectivity index (χ0v) is 16.8. The Hall–Kier alpha value is -3.55. The maximum Gasteiger partial charge on any atom is 0.257 e. The van der Waals surface area contributed by atoms with Crippen molar-refractivity contribution in [1.29, 1.82) is 0 Å². The van der Waals surface area contributed by atoms with Crippen LogP contribution >= 0.6 is 0 Å². The van der Waals surface area contributed by atoms with E-state index in [-0.39, 0.29) is 38.0 Å². The van der Waals surface area contributed by atoms with Gasteiger partial charge in [-0.05, 0) is 42.0 Å². The van der Waals surface area contributed by atoms with Crippen molar-refractivity contribution in [3.05, 3.63) is 48.0 Å². The van der Waals surface area contributed by atoms with E-state index in [1.54, 1.807) is 50.4 Å². The standard InChI is InChI=1S/C22H22N2O6/c1-3-20(25)23(12-14-4-9-18-19(10-14)30-13-29-18)17-11-21(26)24(22(17)27)15-5-7-16(28-2)8-6-15/h4-10,17H,3,11-13H2,1-2H3. The number of anilines is 1. The van der Waals surface area contributed by atoms with E-state index in [1.165, 1.54) is 4.90 Å².